The third kappa shape index (κ3) is 7.78. The van der Waals surface area contributed by atoms with Crippen LogP contribution in [0, 0.1) is 0 Å². The van der Waals surface area contributed by atoms with E-state index >= 15 is 0 Å². The summed E-state index contributed by atoms with van der Waals surface area (Å²) in [7, 11) is 0. The van der Waals surface area contributed by atoms with Gasteiger partial charge < -0.3 is 5.11 Å². The zero-order valence-electron chi connectivity index (χ0n) is 7.47. The summed E-state index contributed by atoms with van der Waals surface area (Å²) in [5.41, 5.74) is 2.62. The number of rotatable bonds is 7. The molecule has 0 radical (unpaired) electrons. The van der Waals surface area contributed by atoms with E-state index in [2.05, 4.69) is 12.4 Å². The molecule has 0 aromatic rings. The smallest absolute Gasteiger partial charge is 0.174 e. The van der Waals surface area contributed by atoms with E-state index < -0.39 is 6.29 Å². The number of hydrogen-bond acceptors (Lipinski definition) is 3. The number of nitrogens with one attached hydrogen (secondary N) is 1. The van der Waals surface area contributed by atoms with Gasteiger partial charge >= 0.3 is 0 Å². The molecule has 3 heteroatoms. The average molecular weight is 161 g/mol. The molecule has 1 unspecified atom stereocenters. The molecule has 0 saturated carbocycles. The lowest BCUT2D eigenvalue weighted by Crippen LogP contribution is -2.23. The summed E-state index contributed by atoms with van der Waals surface area (Å²) in [6.07, 6.45) is 3.45. The van der Waals surface area contributed by atoms with E-state index in [4.69, 9.17) is 9.94 Å². The molecule has 0 aliphatic rings. The van der Waals surface area contributed by atoms with Crippen molar-refractivity contribution >= 4 is 0 Å². The quantitative estimate of drug-likeness (QED) is 0.337. The second-order valence-corrected chi connectivity index (χ2v) is 2.57. The molecule has 0 spiro atoms. The van der Waals surface area contributed by atoms with Crippen LogP contribution in [0.15, 0.2) is 0 Å². The first-order valence-electron chi connectivity index (χ1n) is 4.37. The molecule has 0 heterocycles. The summed E-state index contributed by atoms with van der Waals surface area (Å²) in [4.78, 5) is 4.84. The molecule has 11 heavy (non-hydrogen) atoms. The Bertz CT molecular complexity index is 78.5. The van der Waals surface area contributed by atoms with Gasteiger partial charge in [0.15, 0.2) is 6.29 Å². The van der Waals surface area contributed by atoms with Gasteiger partial charge in [-0.2, -0.15) is 5.48 Å². The van der Waals surface area contributed by atoms with Crippen molar-refractivity contribution in [2.24, 2.45) is 0 Å². The maximum atomic E-state index is 9.12. The van der Waals surface area contributed by atoms with Crippen molar-refractivity contribution < 1.29 is 9.94 Å². The number of aliphatic hydroxyl groups excluding tert-OH is 1. The Morgan fingerprint density at radius 3 is 2.64 bits per heavy atom. The van der Waals surface area contributed by atoms with Gasteiger partial charge in [0, 0.05) is 6.54 Å². The summed E-state index contributed by atoms with van der Waals surface area (Å²) in [6.45, 7) is 4.79. The predicted molar refractivity (Wildman–Crippen MR) is 44.9 cm³/mol. The van der Waals surface area contributed by atoms with E-state index in [1.807, 2.05) is 6.92 Å². The molecule has 68 valence electrons. The van der Waals surface area contributed by atoms with Crippen LogP contribution in [0.2, 0.25) is 0 Å². The number of unbranched alkanes of at least 4 members (excludes halogenated alkanes) is 2. The van der Waals surface area contributed by atoms with Crippen LogP contribution < -0.4 is 5.48 Å². The van der Waals surface area contributed by atoms with Gasteiger partial charge in [-0.25, -0.2) is 0 Å². The summed E-state index contributed by atoms with van der Waals surface area (Å²) in [6, 6.07) is 0. The van der Waals surface area contributed by atoms with Gasteiger partial charge in [-0.05, 0) is 12.8 Å². The minimum absolute atomic E-state index is 0.638. The van der Waals surface area contributed by atoms with E-state index in [0.29, 0.717) is 0 Å². The molecule has 0 bridgehead atoms. The Kier molecular flexibility index (Phi) is 7.89. The first-order valence-corrected chi connectivity index (χ1v) is 4.37. The van der Waals surface area contributed by atoms with Gasteiger partial charge in [-0.15, -0.1) is 0 Å². The molecule has 0 aromatic carbocycles. The van der Waals surface area contributed by atoms with E-state index in [-0.39, 0.29) is 0 Å². The molecule has 2 N–H and O–H groups in total. The van der Waals surface area contributed by atoms with E-state index in [9.17, 15) is 0 Å². The summed E-state index contributed by atoms with van der Waals surface area (Å²) >= 11 is 0. The van der Waals surface area contributed by atoms with Crippen LogP contribution in [-0.2, 0) is 4.84 Å². The lowest BCUT2D eigenvalue weighted by atomic mass is 10.2. The van der Waals surface area contributed by atoms with Gasteiger partial charge in [0.1, 0.15) is 0 Å². The van der Waals surface area contributed by atoms with Crippen LogP contribution in [-0.4, -0.2) is 17.9 Å². The number of hydroxylamine groups is 1. The third-order valence-corrected chi connectivity index (χ3v) is 1.42. The Labute approximate surface area is 68.7 Å². The maximum absolute atomic E-state index is 9.12. The molecule has 0 aliphatic heterocycles. The molecule has 0 aromatic heterocycles. The molecule has 0 saturated heterocycles. The van der Waals surface area contributed by atoms with E-state index in [1.54, 1.807) is 0 Å². The fourth-order valence-corrected chi connectivity index (χ4v) is 0.807. The summed E-state index contributed by atoms with van der Waals surface area (Å²) in [5, 5.41) is 9.12. The first-order chi connectivity index (χ1) is 5.31. The van der Waals surface area contributed by atoms with Crippen molar-refractivity contribution in [1.82, 2.24) is 5.48 Å². The fraction of sp³-hybridized carbons (Fsp3) is 1.00. The van der Waals surface area contributed by atoms with Gasteiger partial charge in [0.05, 0.1) is 0 Å². The highest BCUT2D eigenvalue weighted by molar-refractivity contribution is 4.42. The molecular formula is C8H19NO2. The minimum atomic E-state index is -0.638. The number of hydrogen-bond donors (Lipinski definition) is 2. The van der Waals surface area contributed by atoms with Gasteiger partial charge in [0.2, 0.25) is 0 Å². The van der Waals surface area contributed by atoms with Crippen LogP contribution in [0.25, 0.3) is 0 Å². The van der Waals surface area contributed by atoms with Crippen molar-refractivity contribution in [2.45, 2.75) is 45.8 Å². The van der Waals surface area contributed by atoms with Crippen LogP contribution in [0.3, 0.4) is 0 Å². The van der Waals surface area contributed by atoms with Crippen LogP contribution in [0.4, 0.5) is 0 Å². The summed E-state index contributed by atoms with van der Waals surface area (Å²) < 4.78 is 0. The third-order valence-electron chi connectivity index (χ3n) is 1.42. The molecular weight excluding hydrogens is 142 g/mol. The lowest BCUT2D eigenvalue weighted by molar-refractivity contribution is -0.148. The minimum Gasteiger partial charge on any atom is -0.366 e. The second kappa shape index (κ2) is 7.98. The zero-order chi connectivity index (χ0) is 8.53. The van der Waals surface area contributed by atoms with Gasteiger partial charge in [-0.3, -0.25) is 4.84 Å². The molecule has 0 rings (SSSR count). The average Bonchev–Trinajstić information content (AvgIpc) is 2.01. The van der Waals surface area contributed by atoms with Crippen LogP contribution in [0.5, 0.6) is 0 Å². The Hall–Kier alpha value is -0.120. The predicted octanol–water partition coefficient (Wildman–Crippen LogP) is 1.43. The molecule has 1 atom stereocenters. The Morgan fingerprint density at radius 2 is 2.09 bits per heavy atom. The second-order valence-electron chi connectivity index (χ2n) is 2.57. The van der Waals surface area contributed by atoms with Gasteiger partial charge in [0.25, 0.3) is 0 Å². The fourth-order valence-electron chi connectivity index (χ4n) is 0.807. The highest BCUT2D eigenvalue weighted by Gasteiger charge is 2.01. The van der Waals surface area contributed by atoms with Crippen molar-refractivity contribution in [2.75, 3.05) is 6.54 Å². The molecule has 0 amide bonds. The standard InChI is InChI=1S/C8H19NO2/c1-3-5-6-7-8(10)11-9-4-2/h8-10H,3-7H2,1-2H3. The highest BCUT2D eigenvalue weighted by Crippen LogP contribution is 2.02. The van der Waals surface area contributed by atoms with E-state index in [0.717, 1.165) is 25.8 Å². The molecule has 0 aliphatic carbocycles. The highest BCUT2D eigenvalue weighted by atomic mass is 16.7. The van der Waals surface area contributed by atoms with Crippen molar-refractivity contribution in [3.05, 3.63) is 0 Å². The monoisotopic (exact) mass is 161 g/mol. The number of aliphatic hydroxyl groups is 1. The van der Waals surface area contributed by atoms with Crippen molar-refractivity contribution in [3.8, 4) is 0 Å². The first kappa shape index (κ1) is 10.9. The van der Waals surface area contributed by atoms with E-state index in [1.165, 1.54) is 6.42 Å². The zero-order valence-corrected chi connectivity index (χ0v) is 7.47. The summed E-state index contributed by atoms with van der Waals surface area (Å²) in [5.74, 6) is 0. The Morgan fingerprint density at radius 1 is 1.36 bits per heavy atom. The van der Waals surface area contributed by atoms with Crippen molar-refractivity contribution in [3.63, 3.8) is 0 Å². The largest absolute Gasteiger partial charge is 0.366 e. The van der Waals surface area contributed by atoms with Crippen LogP contribution >= 0.6 is 0 Å². The SMILES string of the molecule is CCCCCC(O)ONCC. The molecule has 0 fully saturated rings. The molecule has 3 nitrogen and oxygen atoms in total. The Balaban J connectivity index is 3.02. The topological polar surface area (TPSA) is 41.5 Å². The van der Waals surface area contributed by atoms with Gasteiger partial charge in [-0.1, -0.05) is 26.7 Å². The lowest BCUT2D eigenvalue weighted by Gasteiger charge is -2.10. The van der Waals surface area contributed by atoms with Crippen LogP contribution in [0.1, 0.15) is 39.5 Å². The van der Waals surface area contributed by atoms with Crippen molar-refractivity contribution in [1.29, 1.82) is 0 Å². The maximum Gasteiger partial charge on any atom is 0.174 e. The normalized spacial score (nSPS) is 13.4.